The summed E-state index contributed by atoms with van der Waals surface area (Å²) >= 11 is 0. The predicted molar refractivity (Wildman–Crippen MR) is 91.3 cm³/mol. The molecule has 0 bridgehead atoms. The number of nitrogens with one attached hydrogen (secondary N) is 1. The molecule has 6 heteroatoms. The molecule has 0 aliphatic heterocycles. The molecule has 3 rings (SSSR count). The van der Waals surface area contributed by atoms with Gasteiger partial charge >= 0.3 is 0 Å². The number of benzene rings is 1. The summed E-state index contributed by atoms with van der Waals surface area (Å²) in [5.41, 5.74) is 1.66. The summed E-state index contributed by atoms with van der Waals surface area (Å²) in [6.07, 6.45) is 1.59. The molecule has 6 nitrogen and oxygen atoms in total. The minimum atomic E-state index is -0.358. The molecular weight excluding hydrogens is 320 g/mol. The maximum Gasteiger partial charge on any atom is 0.257 e. The zero-order chi connectivity index (χ0) is 17.8. The normalized spacial score (nSPS) is 11.9. The van der Waals surface area contributed by atoms with Crippen LogP contribution in [0.15, 0.2) is 57.7 Å². The number of carbonyl (C=O) groups excluding carboxylic acids is 2. The van der Waals surface area contributed by atoms with Gasteiger partial charge in [-0.05, 0) is 26.0 Å². The van der Waals surface area contributed by atoms with E-state index in [4.69, 9.17) is 8.94 Å². The first kappa shape index (κ1) is 16.7. The molecule has 0 spiro atoms. The predicted octanol–water partition coefficient (Wildman–Crippen LogP) is 3.63. The largest absolute Gasteiger partial charge is 0.461 e. The summed E-state index contributed by atoms with van der Waals surface area (Å²) in [7, 11) is 0. The van der Waals surface area contributed by atoms with Crippen molar-refractivity contribution in [3.63, 3.8) is 0 Å². The molecule has 1 N–H and O–H groups in total. The molecule has 0 aliphatic rings. The van der Waals surface area contributed by atoms with Gasteiger partial charge in [0.05, 0.1) is 6.26 Å². The molecule has 2 aromatic heterocycles. The van der Waals surface area contributed by atoms with E-state index >= 15 is 0 Å². The van der Waals surface area contributed by atoms with Crippen molar-refractivity contribution in [3.8, 4) is 11.3 Å². The third-order valence-corrected chi connectivity index (χ3v) is 3.80. The fourth-order valence-electron chi connectivity index (χ4n) is 2.60. The van der Waals surface area contributed by atoms with E-state index in [1.165, 1.54) is 6.26 Å². The number of hydrogen-bond donors (Lipinski definition) is 1. The SMILES string of the molecule is Cc1onc(-c2ccccc2)c1C(=O)N[C@H](C)CC(=O)c1ccco1. The Kier molecular flexibility index (Phi) is 4.79. The highest BCUT2D eigenvalue weighted by Crippen LogP contribution is 2.25. The van der Waals surface area contributed by atoms with Crippen LogP contribution in [0.5, 0.6) is 0 Å². The number of furan rings is 1. The fraction of sp³-hybridized carbons (Fsp3) is 0.211. The molecule has 25 heavy (non-hydrogen) atoms. The second-order valence-corrected chi connectivity index (χ2v) is 5.81. The Bertz CT molecular complexity index is 866. The van der Waals surface area contributed by atoms with Gasteiger partial charge in [-0.15, -0.1) is 0 Å². The van der Waals surface area contributed by atoms with Gasteiger partial charge in [-0.2, -0.15) is 0 Å². The van der Waals surface area contributed by atoms with E-state index in [1.807, 2.05) is 30.3 Å². The average Bonchev–Trinajstić information content (AvgIpc) is 3.25. The molecule has 0 radical (unpaired) electrons. The van der Waals surface area contributed by atoms with Crippen molar-refractivity contribution in [2.75, 3.05) is 0 Å². The summed E-state index contributed by atoms with van der Waals surface area (Å²) in [5, 5.41) is 6.82. The van der Waals surface area contributed by atoms with Gasteiger partial charge < -0.3 is 14.3 Å². The first-order valence-corrected chi connectivity index (χ1v) is 7.95. The van der Waals surface area contributed by atoms with Gasteiger partial charge in [0, 0.05) is 18.0 Å². The van der Waals surface area contributed by atoms with Crippen LogP contribution in [-0.4, -0.2) is 22.9 Å². The molecule has 0 saturated heterocycles. The van der Waals surface area contributed by atoms with E-state index in [0.717, 1.165) is 5.56 Å². The van der Waals surface area contributed by atoms with Crippen LogP contribution >= 0.6 is 0 Å². The molecule has 0 fully saturated rings. The lowest BCUT2D eigenvalue weighted by Crippen LogP contribution is -2.34. The quantitative estimate of drug-likeness (QED) is 0.694. The zero-order valence-electron chi connectivity index (χ0n) is 14.0. The number of hydrogen-bond acceptors (Lipinski definition) is 5. The lowest BCUT2D eigenvalue weighted by molar-refractivity contribution is 0.0906. The Morgan fingerprint density at radius 3 is 2.60 bits per heavy atom. The minimum Gasteiger partial charge on any atom is -0.461 e. The molecule has 2 heterocycles. The van der Waals surface area contributed by atoms with Crippen LogP contribution in [-0.2, 0) is 0 Å². The van der Waals surface area contributed by atoms with Gasteiger partial charge in [-0.3, -0.25) is 9.59 Å². The van der Waals surface area contributed by atoms with E-state index in [-0.39, 0.29) is 29.9 Å². The van der Waals surface area contributed by atoms with E-state index < -0.39 is 0 Å². The molecule has 0 aliphatic carbocycles. The Morgan fingerprint density at radius 2 is 1.92 bits per heavy atom. The summed E-state index contributed by atoms with van der Waals surface area (Å²) in [6, 6.07) is 12.2. The Hall–Kier alpha value is -3.15. The topological polar surface area (TPSA) is 85.3 Å². The van der Waals surface area contributed by atoms with E-state index in [2.05, 4.69) is 10.5 Å². The summed E-state index contributed by atoms with van der Waals surface area (Å²) in [6.45, 7) is 3.46. The van der Waals surface area contributed by atoms with E-state index in [9.17, 15) is 9.59 Å². The number of ketones is 1. The third kappa shape index (κ3) is 3.68. The number of rotatable bonds is 6. The number of nitrogens with zero attached hydrogens (tertiary/aromatic N) is 1. The van der Waals surface area contributed by atoms with Crippen molar-refractivity contribution in [2.24, 2.45) is 0 Å². The number of aryl methyl sites for hydroxylation is 1. The van der Waals surface area contributed by atoms with Crippen molar-refractivity contribution >= 4 is 11.7 Å². The monoisotopic (exact) mass is 338 g/mol. The van der Waals surface area contributed by atoms with Crippen molar-refractivity contribution in [3.05, 3.63) is 65.8 Å². The molecule has 1 atom stereocenters. The fourth-order valence-corrected chi connectivity index (χ4v) is 2.60. The highest BCUT2D eigenvalue weighted by atomic mass is 16.5. The van der Waals surface area contributed by atoms with Crippen molar-refractivity contribution in [1.82, 2.24) is 10.5 Å². The summed E-state index contributed by atoms with van der Waals surface area (Å²) in [4.78, 5) is 24.7. The standard InChI is InChI=1S/C19H18N2O4/c1-12(11-15(22)16-9-6-10-24-16)20-19(23)17-13(2)25-21-18(17)14-7-4-3-5-8-14/h3-10,12H,11H2,1-2H3,(H,20,23)/t12-/m1/s1. The van der Waals surface area contributed by atoms with Crippen LogP contribution < -0.4 is 5.32 Å². The molecule has 3 aromatic rings. The smallest absolute Gasteiger partial charge is 0.257 e. The van der Waals surface area contributed by atoms with E-state index in [1.54, 1.807) is 26.0 Å². The molecule has 1 aromatic carbocycles. The summed E-state index contributed by atoms with van der Waals surface area (Å²) in [5.74, 6) is 0.230. The maximum absolute atomic E-state index is 12.7. The minimum absolute atomic E-state index is 0.143. The van der Waals surface area contributed by atoms with Crippen LogP contribution in [0.2, 0.25) is 0 Å². The van der Waals surface area contributed by atoms with Gasteiger partial charge in [0.25, 0.3) is 5.91 Å². The first-order chi connectivity index (χ1) is 12.1. The lowest BCUT2D eigenvalue weighted by Gasteiger charge is -2.12. The van der Waals surface area contributed by atoms with Gasteiger partial charge in [0.1, 0.15) is 17.0 Å². The highest BCUT2D eigenvalue weighted by Gasteiger charge is 2.23. The van der Waals surface area contributed by atoms with Gasteiger partial charge in [-0.1, -0.05) is 35.5 Å². The van der Waals surface area contributed by atoms with Crippen LogP contribution in [0.3, 0.4) is 0 Å². The van der Waals surface area contributed by atoms with Crippen LogP contribution in [0.4, 0.5) is 0 Å². The maximum atomic E-state index is 12.7. The molecule has 1 amide bonds. The van der Waals surface area contributed by atoms with Gasteiger partial charge in [0.15, 0.2) is 11.5 Å². The Morgan fingerprint density at radius 1 is 1.16 bits per heavy atom. The molecule has 128 valence electrons. The summed E-state index contributed by atoms with van der Waals surface area (Å²) < 4.78 is 10.3. The van der Waals surface area contributed by atoms with Crippen molar-refractivity contribution in [2.45, 2.75) is 26.3 Å². The first-order valence-electron chi connectivity index (χ1n) is 7.95. The van der Waals surface area contributed by atoms with Crippen molar-refractivity contribution in [1.29, 1.82) is 0 Å². The third-order valence-electron chi connectivity index (χ3n) is 3.80. The highest BCUT2D eigenvalue weighted by molar-refractivity contribution is 6.01. The van der Waals surface area contributed by atoms with Crippen LogP contribution in [0, 0.1) is 6.92 Å². The van der Waals surface area contributed by atoms with Crippen LogP contribution in [0.25, 0.3) is 11.3 Å². The Balaban J connectivity index is 1.73. The number of amides is 1. The number of carbonyl (C=O) groups is 2. The van der Waals surface area contributed by atoms with Gasteiger partial charge in [0.2, 0.25) is 0 Å². The molecule has 0 saturated carbocycles. The number of aromatic nitrogens is 1. The molecular formula is C19H18N2O4. The average molecular weight is 338 g/mol. The second kappa shape index (κ2) is 7.17. The van der Waals surface area contributed by atoms with Crippen LogP contribution in [0.1, 0.15) is 40.0 Å². The zero-order valence-corrected chi connectivity index (χ0v) is 14.0. The van der Waals surface area contributed by atoms with Gasteiger partial charge in [-0.25, -0.2) is 0 Å². The lowest BCUT2D eigenvalue weighted by atomic mass is 10.0. The second-order valence-electron chi connectivity index (χ2n) is 5.81. The van der Waals surface area contributed by atoms with E-state index in [0.29, 0.717) is 17.0 Å². The van der Waals surface area contributed by atoms with Crippen molar-refractivity contribution < 1.29 is 18.5 Å². The Labute approximate surface area is 144 Å². The number of Topliss-reactive ketones (excluding diaryl/α,β-unsaturated/α-hetero) is 1. The molecule has 0 unspecified atom stereocenters.